The van der Waals surface area contributed by atoms with E-state index in [9.17, 15) is 4.39 Å². The smallest absolute Gasteiger partial charge is 0.126 e. The molecule has 0 radical (unpaired) electrons. The van der Waals surface area contributed by atoms with Gasteiger partial charge in [-0.15, -0.1) is 0 Å². The minimum absolute atomic E-state index is 0.106. The van der Waals surface area contributed by atoms with Crippen LogP contribution in [-0.2, 0) is 11.2 Å². The molecule has 3 heteroatoms. The third-order valence-corrected chi connectivity index (χ3v) is 3.47. The number of nitrogens with one attached hydrogen (secondary N) is 1. The molecule has 2 atom stereocenters. The highest BCUT2D eigenvalue weighted by atomic mass is 19.1. The van der Waals surface area contributed by atoms with Crippen molar-refractivity contribution in [1.82, 2.24) is 5.32 Å². The molecule has 0 spiro atoms. The largest absolute Gasteiger partial charge is 0.378 e. The summed E-state index contributed by atoms with van der Waals surface area (Å²) < 4.78 is 19.0. The number of ether oxygens (including phenoxy) is 1. The van der Waals surface area contributed by atoms with E-state index in [-0.39, 0.29) is 5.82 Å². The van der Waals surface area contributed by atoms with E-state index in [1.165, 1.54) is 18.9 Å². The van der Waals surface area contributed by atoms with E-state index < -0.39 is 0 Å². The molecule has 2 nitrogen and oxygen atoms in total. The van der Waals surface area contributed by atoms with Gasteiger partial charge in [0.05, 0.1) is 6.10 Å². The second-order valence-electron chi connectivity index (χ2n) is 5.07. The zero-order chi connectivity index (χ0) is 12.8. The van der Waals surface area contributed by atoms with Gasteiger partial charge in [0.15, 0.2) is 0 Å². The van der Waals surface area contributed by atoms with Crippen LogP contribution in [0.15, 0.2) is 24.3 Å². The van der Waals surface area contributed by atoms with Crippen LogP contribution < -0.4 is 5.32 Å². The van der Waals surface area contributed by atoms with Crippen molar-refractivity contribution >= 4 is 0 Å². The number of benzene rings is 1. The molecule has 1 aliphatic heterocycles. The van der Waals surface area contributed by atoms with Gasteiger partial charge in [0.25, 0.3) is 0 Å². The van der Waals surface area contributed by atoms with Crippen molar-refractivity contribution in [1.29, 1.82) is 0 Å². The molecule has 18 heavy (non-hydrogen) atoms. The fourth-order valence-corrected chi connectivity index (χ4v) is 2.43. The van der Waals surface area contributed by atoms with Crippen LogP contribution in [0.2, 0.25) is 0 Å². The molecule has 0 amide bonds. The Morgan fingerprint density at radius 1 is 1.44 bits per heavy atom. The summed E-state index contributed by atoms with van der Waals surface area (Å²) in [6, 6.07) is 7.29. The zero-order valence-corrected chi connectivity index (χ0v) is 11.0. The van der Waals surface area contributed by atoms with Crippen LogP contribution in [0.25, 0.3) is 0 Å². The van der Waals surface area contributed by atoms with Crippen LogP contribution in [0.3, 0.4) is 0 Å². The van der Waals surface area contributed by atoms with Gasteiger partial charge >= 0.3 is 0 Å². The molecule has 1 saturated heterocycles. The molecule has 1 N–H and O–H groups in total. The topological polar surface area (TPSA) is 21.3 Å². The van der Waals surface area contributed by atoms with Crippen molar-refractivity contribution in [2.24, 2.45) is 0 Å². The average Bonchev–Trinajstić information content (AvgIpc) is 2.85. The molecule has 1 aromatic rings. The monoisotopic (exact) mass is 251 g/mol. The molecule has 0 bridgehead atoms. The van der Waals surface area contributed by atoms with Crippen molar-refractivity contribution in [3.63, 3.8) is 0 Å². The lowest BCUT2D eigenvalue weighted by Crippen LogP contribution is -2.31. The summed E-state index contributed by atoms with van der Waals surface area (Å²) in [5.41, 5.74) is 0.787. The highest BCUT2D eigenvalue weighted by Crippen LogP contribution is 2.14. The molecule has 100 valence electrons. The standard InChI is InChI=1S/C15H22FNO/c1-12(11-13-5-2-3-7-15(13)16)17-9-8-14-6-4-10-18-14/h2-3,5,7,12,14,17H,4,6,8-11H2,1H3. The van der Waals surface area contributed by atoms with Crippen LogP contribution in [0.5, 0.6) is 0 Å². The summed E-state index contributed by atoms with van der Waals surface area (Å²) in [5.74, 6) is -0.106. The summed E-state index contributed by atoms with van der Waals surface area (Å²) in [6.07, 6.45) is 4.59. The van der Waals surface area contributed by atoms with Crippen molar-refractivity contribution in [2.45, 2.75) is 44.8 Å². The van der Waals surface area contributed by atoms with Gasteiger partial charge in [0.1, 0.15) is 5.82 Å². The summed E-state index contributed by atoms with van der Waals surface area (Å²) in [5, 5.41) is 3.44. The van der Waals surface area contributed by atoms with Crippen molar-refractivity contribution in [2.75, 3.05) is 13.2 Å². The second-order valence-corrected chi connectivity index (χ2v) is 5.07. The maximum atomic E-state index is 13.5. The van der Waals surface area contributed by atoms with E-state index in [1.54, 1.807) is 6.07 Å². The third-order valence-electron chi connectivity index (χ3n) is 3.47. The normalized spacial score (nSPS) is 21.1. The van der Waals surface area contributed by atoms with Gasteiger partial charge in [-0.2, -0.15) is 0 Å². The highest BCUT2D eigenvalue weighted by Gasteiger charge is 2.15. The van der Waals surface area contributed by atoms with E-state index in [1.807, 2.05) is 12.1 Å². The van der Waals surface area contributed by atoms with E-state index in [0.29, 0.717) is 12.1 Å². The van der Waals surface area contributed by atoms with Gasteiger partial charge in [-0.1, -0.05) is 18.2 Å². The number of hydrogen-bond acceptors (Lipinski definition) is 2. The van der Waals surface area contributed by atoms with Crippen LogP contribution >= 0.6 is 0 Å². The van der Waals surface area contributed by atoms with Crippen molar-refractivity contribution < 1.29 is 9.13 Å². The molecule has 1 fully saturated rings. The Hall–Kier alpha value is -0.930. The van der Waals surface area contributed by atoms with Gasteiger partial charge in [-0.3, -0.25) is 0 Å². The average molecular weight is 251 g/mol. The van der Waals surface area contributed by atoms with Crippen LogP contribution in [0, 0.1) is 5.82 Å². The number of rotatable bonds is 6. The fourth-order valence-electron chi connectivity index (χ4n) is 2.43. The molecule has 1 aromatic carbocycles. The molecule has 0 saturated carbocycles. The molecular formula is C15H22FNO. The molecule has 1 aliphatic rings. The number of halogens is 1. The van der Waals surface area contributed by atoms with Gasteiger partial charge in [-0.05, 0) is 50.8 Å². The van der Waals surface area contributed by atoms with Gasteiger partial charge < -0.3 is 10.1 Å². The summed E-state index contributed by atoms with van der Waals surface area (Å²) in [7, 11) is 0. The van der Waals surface area contributed by atoms with E-state index in [2.05, 4.69) is 12.2 Å². The highest BCUT2D eigenvalue weighted by molar-refractivity contribution is 5.18. The Morgan fingerprint density at radius 3 is 3.00 bits per heavy atom. The van der Waals surface area contributed by atoms with Crippen LogP contribution in [0.4, 0.5) is 4.39 Å². The summed E-state index contributed by atoms with van der Waals surface area (Å²) in [4.78, 5) is 0. The first kappa shape index (κ1) is 13.5. The van der Waals surface area contributed by atoms with Crippen LogP contribution in [0.1, 0.15) is 31.7 Å². The molecule has 1 heterocycles. The Bertz CT molecular complexity index is 363. The molecule has 2 rings (SSSR count). The number of hydrogen-bond donors (Lipinski definition) is 1. The Labute approximate surface area is 109 Å². The molecular weight excluding hydrogens is 229 g/mol. The molecule has 0 aromatic heterocycles. The quantitative estimate of drug-likeness (QED) is 0.839. The van der Waals surface area contributed by atoms with E-state index in [0.717, 1.165) is 31.6 Å². The maximum Gasteiger partial charge on any atom is 0.126 e. The lowest BCUT2D eigenvalue weighted by molar-refractivity contribution is 0.103. The van der Waals surface area contributed by atoms with E-state index >= 15 is 0 Å². The minimum Gasteiger partial charge on any atom is -0.378 e. The molecule has 2 unspecified atom stereocenters. The third kappa shape index (κ3) is 4.07. The Morgan fingerprint density at radius 2 is 2.28 bits per heavy atom. The lowest BCUT2D eigenvalue weighted by atomic mass is 10.1. The lowest BCUT2D eigenvalue weighted by Gasteiger charge is -2.16. The first-order chi connectivity index (χ1) is 8.75. The Kier molecular flexibility index (Phi) is 5.14. The SMILES string of the molecule is CC(Cc1ccccc1F)NCCC1CCCO1. The first-order valence-corrected chi connectivity index (χ1v) is 6.84. The molecule has 0 aliphatic carbocycles. The fraction of sp³-hybridized carbons (Fsp3) is 0.600. The maximum absolute atomic E-state index is 13.5. The first-order valence-electron chi connectivity index (χ1n) is 6.84. The summed E-state index contributed by atoms with van der Waals surface area (Å²) in [6.45, 7) is 3.96. The van der Waals surface area contributed by atoms with Crippen molar-refractivity contribution in [3.05, 3.63) is 35.6 Å². The predicted molar refractivity (Wildman–Crippen MR) is 71.2 cm³/mol. The van der Waals surface area contributed by atoms with Gasteiger partial charge in [0, 0.05) is 12.6 Å². The summed E-state index contributed by atoms with van der Waals surface area (Å²) >= 11 is 0. The second kappa shape index (κ2) is 6.86. The van der Waals surface area contributed by atoms with Gasteiger partial charge in [-0.25, -0.2) is 4.39 Å². The van der Waals surface area contributed by atoms with Crippen LogP contribution in [-0.4, -0.2) is 25.3 Å². The van der Waals surface area contributed by atoms with Gasteiger partial charge in [0.2, 0.25) is 0 Å². The Balaban J connectivity index is 1.68. The predicted octanol–water partition coefficient (Wildman–Crippen LogP) is 2.92. The minimum atomic E-state index is -0.106. The van der Waals surface area contributed by atoms with E-state index in [4.69, 9.17) is 4.74 Å². The zero-order valence-electron chi connectivity index (χ0n) is 11.0. The van der Waals surface area contributed by atoms with Crippen molar-refractivity contribution in [3.8, 4) is 0 Å².